The van der Waals surface area contributed by atoms with Crippen LogP contribution in [0.1, 0.15) is 42.5 Å². The van der Waals surface area contributed by atoms with Crippen LogP contribution in [0.15, 0.2) is 6.20 Å². The monoisotopic (exact) mass is 240 g/mol. The summed E-state index contributed by atoms with van der Waals surface area (Å²) >= 11 is 1.77. The molecule has 0 aromatic carbocycles. The Hall–Kier alpha value is -0.450. The maximum atomic E-state index is 9.82. The van der Waals surface area contributed by atoms with Crippen LogP contribution in [0.2, 0.25) is 0 Å². The van der Waals surface area contributed by atoms with E-state index in [0.717, 1.165) is 25.8 Å². The molecule has 0 amide bonds. The van der Waals surface area contributed by atoms with Crippen LogP contribution in [0.25, 0.3) is 0 Å². The number of aryl methyl sites for hydroxylation is 1. The van der Waals surface area contributed by atoms with Crippen LogP contribution >= 0.6 is 11.3 Å². The summed E-state index contributed by atoms with van der Waals surface area (Å²) in [5, 5.41) is 14.5. The molecule has 0 saturated heterocycles. The average Bonchev–Trinajstić information content (AvgIpc) is 2.76. The third-order valence-electron chi connectivity index (χ3n) is 3.17. The van der Waals surface area contributed by atoms with Gasteiger partial charge in [0, 0.05) is 23.7 Å². The Balaban J connectivity index is 1.81. The lowest BCUT2D eigenvalue weighted by atomic mass is 9.93. The molecule has 2 atom stereocenters. The predicted molar refractivity (Wildman–Crippen MR) is 66.6 cm³/mol. The molecule has 0 radical (unpaired) electrons. The van der Waals surface area contributed by atoms with E-state index in [2.05, 4.69) is 17.2 Å². The molecule has 2 N–H and O–H groups in total. The second kappa shape index (κ2) is 5.75. The summed E-state index contributed by atoms with van der Waals surface area (Å²) < 4.78 is 0. The molecule has 1 aliphatic rings. The second-order valence-electron chi connectivity index (χ2n) is 4.41. The van der Waals surface area contributed by atoms with Gasteiger partial charge in [-0.2, -0.15) is 0 Å². The molecule has 3 nitrogen and oxygen atoms in total. The van der Waals surface area contributed by atoms with Crippen molar-refractivity contribution in [2.24, 2.45) is 0 Å². The van der Waals surface area contributed by atoms with E-state index in [0.29, 0.717) is 0 Å². The van der Waals surface area contributed by atoms with Crippen molar-refractivity contribution in [3.8, 4) is 0 Å². The van der Waals surface area contributed by atoms with Crippen molar-refractivity contribution < 1.29 is 5.11 Å². The first-order valence-corrected chi connectivity index (χ1v) is 6.96. The van der Waals surface area contributed by atoms with Crippen LogP contribution in [-0.4, -0.2) is 22.2 Å². The molecular weight excluding hydrogens is 220 g/mol. The van der Waals surface area contributed by atoms with E-state index >= 15 is 0 Å². The molecular formula is C12H20N2OS. The number of thiazole rings is 1. The zero-order valence-electron chi connectivity index (χ0n) is 9.78. The largest absolute Gasteiger partial charge is 0.392 e. The quantitative estimate of drug-likeness (QED) is 0.847. The number of hydrogen-bond acceptors (Lipinski definition) is 4. The maximum absolute atomic E-state index is 9.82. The van der Waals surface area contributed by atoms with Gasteiger partial charge in [-0.3, -0.25) is 0 Å². The summed E-state index contributed by atoms with van der Waals surface area (Å²) in [4.78, 5) is 5.61. The molecule has 1 saturated carbocycles. The highest BCUT2D eigenvalue weighted by atomic mass is 32.1. The van der Waals surface area contributed by atoms with Crippen molar-refractivity contribution >= 4 is 11.3 Å². The second-order valence-corrected chi connectivity index (χ2v) is 5.61. The van der Waals surface area contributed by atoms with E-state index in [1.54, 1.807) is 11.3 Å². The SMILES string of the molecule is CCc1ncc(CNC2CCCCC2O)s1. The molecule has 1 aromatic heterocycles. The van der Waals surface area contributed by atoms with Crippen molar-refractivity contribution in [1.29, 1.82) is 0 Å². The predicted octanol–water partition coefficient (Wildman–Crippen LogP) is 2.10. The Bertz CT molecular complexity index is 327. The Morgan fingerprint density at radius 2 is 2.31 bits per heavy atom. The highest BCUT2D eigenvalue weighted by Crippen LogP contribution is 2.19. The van der Waals surface area contributed by atoms with Crippen LogP contribution in [-0.2, 0) is 13.0 Å². The number of nitrogens with one attached hydrogen (secondary N) is 1. The van der Waals surface area contributed by atoms with Gasteiger partial charge in [0.1, 0.15) is 0 Å². The highest BCUT2D eigenvalue weighted by molar-refractivity contribution is 7.11. The van der Waals surface area contributed by atoms with Crippen LogP contribution < -0.4 is 5.32 Å². The summed E-state index contributed by atoms with van der Waals surface area (Å²) in [7, 11) is 0. The number of aliphatic hydroxyl groups is 1. The van der Waals surface area contributed by atoms with Gasteiger partial charge >= 0.3 is 0 Å². The number of aromatic nitrogens is 1. The van der Waals surface area contributed by atoms with E-state index in [4.69, 9.17) is 0 Å². The van der Waals surface area contributed by atoms with Crippen molar-refractivity contribution in [3.05, 3.63) is 16.1 Å². The minimum absolute atomic E-state index is 0.160. The topological polar surface area (TPSA) is 45.2 Å². The van der Waals surface area contributed by atoms with E-state index in [1.807, 2.05) is 6.20 Å². The van der Waals surface area contributed by atoms with Gasteiger partial charge in [-0.05, 0) is 19.3 Å². The Morgan fingerprint density at radius 3 is 3.00 bits per heavy atom. The Morgan fingerprint density at radius 1 is 1.50 bits per heavy atom. The molecule has 0 spiro atoms. The molecule has 1 fully saturated rings. The average molecular weight is 240 g/mol. The van der Waals surface area contributed by atoms with Gasteiger partial charge in [0.25, 0.3) is 0 Å². The van der Waals surface area contributed by atoms with Gasteiger partial charge in [0.15, 0.2) is 0 Å². The molecule has 2 rings (SSSR count). The van der Waals surface area contributed by atoms with Crippen molar-refractivity contribution in [2.75, 3.05) is 0 Å². The normalized spacial score (nSPS) is 25.9. The fourth-order valence-corrected chi connectivity index (χ4v) is 2.99. The summed E-state index contributed by atoms with van der Waals surface area (Å²) in [6, 6.07) is 0.279. The first-order valence-electron chi connectivity index (χ1n) is 6.14. The first kappa shape index (κ1) is 12.0. The van der Waals surface area contributed by atoms with Gasteiger partial charge in [-0.15, -0.1) is 11.3 Å². The molecule has 16 heavy (non-hydrogen) atoms. The number of hydrogen-bond donors (Lipinski definition) is 2. The van der Waals surface area contributed by atoms with Gasteiger partial charge in [-0.1, -0.05) is 19.8 Å². The zero-order valence-corrected chi connectivity index (χ0v) is 10.6. The van der Waals surface area contributed by atoms with Crippen molar-refractivity contribution in [3.63, 3.8) is 0 Å². The molecule has 0 bridgehead atoms. The molecule has 1 aliphatic carbocycles. The van der Waals surface area contributed by atoms with Gasteiger partial charge in [-0.25, -0.2) is 4.98 Å². The Kier molecular flexibility index (Phi) is 4.32. The lowest BCUT2D eigenvalue weighted by Crippen LogP contribution is -2.41. The van der Waals surface area contributed by atoms with Crippen LogP contribution in [0.5, 0.6) is 0 Å². The molecule has 2 unspecified atom stereocenters. The zero-order chi connectivity index (χ0) is 11.4. The summed E-state index contributed by atoms with van der Waals surface area (Å²) in [5.41, 5.74) is 0. The lowest BCUT2D eigenvalue weighted by molar-refractivity contribution is 0.0904. The minimum atomic E-state index is -0.160. The number of rotatable bonds is 4. The number of aliphatic hydroxyl groups excluding tert-OH is 1. The van der Waals surface area contributed by atoms with E-state index in [9.17, 15) is 5.11 Å². The summed E-state index contributed by atoms with van der Waals surface area (Å²) in [6.45, 7) is 2.97. The summed E-state index contributed by atoms with van der Waals surface area (Å²) in [5.74, 6) is 0. The van der Waals surface area contributed by atoms with E-state index < -0.39 is 0 Å². The summed E-state index contributed by atoms with van der Waals surface area (Å²) in [6.07, 6.45) is 7.24. The van der Waals surface area contributed by atoms with E-state index in [1.165, 1.54) is 22.7 Å². The first-order chi connectivity index (χ1) is 7.79. The molecule has 1 heterocycles. The standard InChI is InChI=1S/C12H20N2OS/c1-2-12-14-8-9(16-12)7-13-10-5-3-4-6-11(10)15/h8,10-11,13,15H,2-7H2,1H3. The third-order valence-corrected chi connectivity index (χ3v) is 4.31. The number of nitrogens with zero attached hydrogens (tertiary/aromatic N) is 1. The molecule has 0 aliphatic heterocycles. The molecule has 1 aromatic rings. The fourth-order valence-electron chi connectivity index (χ4n) is 2.17. The van der Waals surface area contributed by atoms with Crippen molar-refractivity contribution in [2.45, 2.75) is 57.7 Å². The highest BCUT2D eigenvalue weighted by Gasteiger charge is 2.22. The fraction of sp³-hybridized carbons (Fsp3) is 0.750. The van der Waals surface area contributed by atoms with Crippen LogP contribution in [0.4, 0.5) is 0 Å². The minimum Gasteiger partial charge on any atom is -0.392 e. The van der Waals surface area contributed by atoms with E-state index in [-0.39, 0.29) is 12.1 Å². The van der Waals surface area contributed by atoms with Gasteiger partial charge < -0.3 is 10.4 Å². The molecule has 90 valence electrons. The maximum Gasteiger partial charge on any atom is 0.0925 e. The van der Waals surface area contributed by atoms with Gasteiger partial charge in [0.2, 0.25) is 0 Å². The third kappa shape index (κ3) is 3.03. The van der Waals surface area contributed by atoms with Gasteiger partial charge in [0.05, 0.1) is 11.1 Å². The van der Waals surface area contributed by atoms with Crippen LogP contribution in [0, 0.1) is 0 Å². The lowest BCUT2D eigenvalue weighted by Gasteiger charge is -2.28. The smallest absolute Gasteiger partial charge is 0.0925 e. The molecule has 4 heteroatoms. The Labute approximate surface area is 101 Å². The van der Waals surface area contributed by atoms with Crippen molar-refractivity contribution in [1.82, 2.24) is 10.3 Å². The van der Waals surface area contributed by atoms with Crippen LogP contribution in [0.3, 0.4) is 0 Å².